The highest BCUT2D eigenvalue weighted by molar-refractivity contribution is 7.90. The maximum Gasteiger partial charge on any atom is 0.255 e. The summed E-state index contributed by atoms with van der Waals surface area (Å²) in [6, 6.07) is 13.9. The van der Waals surface area contributed by atoms with Crippen LogP contribution < -0.4 is 10.6 Å². The van der Waals surface area contributed by atoms with Crippen LogP contribution in [0.3, 0.4) is 0 Å². The molecule has 0 aliphatic heterocycles. The summed E-state index contributed by atoms with van der Waals surface area (Å²) in [4.78, 5) is 24.8. The minimum atomic E-state index is -3.38. The molecule has 10 heteroatoms. The van der Waals surface area contributed by atoms with E-state index < -0.39 is 27.5 Å². The van der Waals surface area contributed by atoms with Gasteiger partial charge in [0.2, 0.25) is 5.91 Å². The van der Waals surface area contributed by atoms with Crippen molar-refractivity contribution in [1.29, 1.82) is 0 Å². The minimum Gasteiger partial charge on any atom is -0.326 e. The second kappa shape index (κ2) is 9.68. The van der Waals surface area contributed by atoms with Crippen LogP contribution >= 0.6 is 23.2 Å². The monoisotopic (exact) mass is 494 g/mol. The number of hydrogen-bond acceptors (Lipinski definition) is 4. The van der Waals surface area contributed by atoms with Crippen molar-refractivity contribution in [1.82, 2.24) is 0 Å². The van der Waals surface area contributed by atoms with E-state index in [-0.39, 0.29) is 32.6 Å². The fourth-order valence-corrected chi connectivity index (χ4v) is 4.05. The van der Waals surface area contributed by atoms with Crippen LogP contribution in [-0.4, -0.2) is 26.5 Å². The first kappa shape index (κ1) is 23.7. The molecule has 0 aliphatic carbocycles. The molecule has 3 rings (SSSR count). The quantitative estimate of drug-likeness (QED) is 0.505. The van der Waals surface area contributed by atoms with Crippen molar-refractivity contribution in [2.24, 2.45) is 0 Å². The molecule has 0 saturated carbocycles. The Labute approximate surface area is 194 Å². The summed E-state index contributed by atoms with van der Waals surface area (Å²) in [5.74, 6) is -1.38. The number of carbonyl (C=O) groups is 2. The number of anilines is 2. The highest BCUT2D eigenvalue weighted by Crippen LogP contribution is 2.34. The summed E-state index contributed by atoms with van der Waals surface area (Å²) in [6.07, 6.45) is 1.02. The van der Waals surface area contributed by atoms with Gasteiger partial charge in [0.1, 0.15) is 5.82 Å². The van der Waals surface area contributed by atoms with Crippen LogP contribution in [0.15, 0.2) is 65.6 Å². The molecule has 32 heavy (non-hydrogen) atoms. The van der Waals surface area contributed by atoms with Crippen LogP contribution in [0.2, 0.25) is 10.0 Å². The van der Waals surface area contributed by atoms with Gasteiger partial charge in [-0.2, -0.15) is 0 Å². The maximum absolute atomic E-state index is 13.3. The van der Waals surface area contributed by atoms with Crippen molar-refractivity contribution in [2.75, 3.05) is 16.9 Å². The molecule has 3 aromatic carbocycles. The van der Waals surface area contributed by atoms with E-state index in [1.54, 1.807) is 6.07 Å². The van der Waals surface area contributed by atoms with Gasteiger partial charge in [-0.25, -0.2) is 12.8 Å². The van der Waals surface area contributed by atoms with Gasteiger partial charge in [0.05, 0.1) is 27.0 Å². The van der Waals surface area contributed by atoms with Crippen molar-refractivity contribution in [3.63, 3.8) is 0 Å². The summed E-state index contributed by atoms with van der Waals surface area (Å²) < 4.78 is 36.3. The van der Waals surface area contributed by atoms with E-state index in [1.807, 2.05) is 0 Å². The van der Waals surface area contributed by atoms with E-state index in [0.717, 1.165) is 6.26 Å². The summed E-state index contributed by atoms with van der Waals surface area (Å²) in [7, 11) is -3.38. The lowest BCUT2D eigenvalue weighted by atomic mass is 10.1. The summed E-state index contributed by atoms with van der Waals surface area (Å²) in [6.45, 7) is 0. The average Bonchev–Trinajstić information content (AvgIpc) is 2.70. The smallest absolute Gasteiger partial charge is 0.255 e. The van der Waals surface area contributed by atoms with Gasteiger partial charge in [-0.1, -0.05) is 35.3 Å². The Morgan fingerprint density at radius 3 is 2.12 bits per heavy atom. The van der Waals surface area contributed by atoms with Crippen LogP contribution in [0.1, 0.15) is 15.9 Å². The Hall–Kier alpha value is -2.94. The molecule has 0 aliphatic rings. The van der Waals surface area contributed by atoms with Gasteiger partial charge in [-0.05, 0) is 54.1 Å². The third-order valence-corrected chi connectivity index (χ3v) is 6.09. The number of rotatable bonds is 6. The fourth-order valence-electron chi connectivity index (χ4n) is 2.84. The summed E-state index contributed by atoms with van der Waals surface area (Å²) in [5.41, 5.74) is 1.15. The topological polar surface area (TPSA) is 92.3 Å². The van der Waals surface area contributed by atoms with Crippen LogP contribution in [0, 0.1) is 5.82 Å². The van der Waals surface area contributed by atoms with Crippen molar-refractivity contribution < 1.29 is 22.4 Å². The normalized spacial score (nSPS) is 11.1. The third-order valence-electron chi connectivity index (χ3n) is 4.36. The number of hydrogen-bond donors (Lipinski definition) is 2. The predicted octanol–water partition coefficient (Wildman–Crippen LogP) is 4.97. The zero-order valence-corrected chi connectivity index (χ0v) is 19.0. The van der Waals surface area contributed by atoms with Gasteiger partial charge < -0.3 is 10.6 Å². The van der Waals surface area contributed by atoms with Crippen LogP contribution in [-0.2, 0) is 21.1 Å². The number of benzene rings is 3. The predicted molar refractivity (Wildman–Crippen MR) is 123 cm³/mol. The van der Waals surface area contributed by atoms with Gasteiger partial charge in [0.15, 0.2) is 9.84 Å². The van der Waals surface area contributed by atoms with Gasteiger partial charge >= 0.3 is 0 Å². The second-order valence-corrected chi connectivity index (χ2v) is 9.75. The SMILES string of the molecule is CS(=O)(=O)c1ccc(C(=O)Nc2c(Cl)cc(NC(=O)Cc3cccc(F)c3)cc2Cl)cc1. The van der Waals surface area contributed by atoms with E-state index >= 15 is 0 Å². The van der Waals surface area contributed by atoms with Crippen LogP contribution in [0.4, 0.5) is 15.8 Å². The molecule has 2 amide bonds. The van der Waals surface area contributed by atoms with E-state index in [0.29, 0.717) is 11.3 Å². The molecule has 0 heterocycles. The third kappa shape index (κ3) is 6.06. The van der Waals surface area contributed by atoms with Gasteiger partial charge in [-0.3, -0.25) is 9.59 Å². The second-order valence-electron chi connectivity index (χ2n) is 6.92. The highest BCUT2D eigenvalue weighted by Gasteiger charge is 2.15. The number of carbonyl (C=O) groups excluding carboxylic acids is 2. The Morgan fingerprint density at radius 1 is 0.938 bits per heavy atom. The molecule has 0 saturated heterocycles. The number of amides is 2. The van der Waals surface area contributed by atoms with Crippen molar-refractivity contribution in [3.8, 4) is 0 Å². The fraction of sp³-hybridized carbons (Fsp3) is 0.0909. The average molecular weight is 495 g/mol. The zero-order valence-electron chi connectivity index (χ0n) is 16.7. The van der Waals surface area contributed by atoms with Crippen molar-refractivity contribution in [2.45, 2.75) is 11.3 Å². The Kier molecular flexibility index (Phi) is 7.18. The molecule has 0 atom stereocenters. The van der Waals surface area contributed by atoms with Gasteiger partial charge in [0.25, 0.3) is 5.91 Å². The zero-order chi connectivity index (χ0) is 23.5. The largest absolute Gasteiger partial charge is 0.326 e. The number of halogens is 3. The molecule has 3 aromatic rings. The summed E-state index contributed by atoms with van der Waals surface area (Å²) >= 11 is 12.5. The van der Waals surface area contributed by atoms with E-state index in [1.165, 1.54) is 54.6 Å². The molecule has 0 spiro atoms. The van der Waals surface area contributed by atoms with Gasteiger partial charge in [-0.15, -0.1) is 0 Å². The molecule has 166 valence electrons. The molecule has 6 nitrogen and oxygen atoms in total. The van der Waals surface area contributed by atoms with E-state index in [4.69, 9.17) is 23.2 Å². The first-order valence-corrected chi connectivity index (χ1v) is 11.8. The molecule has 0 aromatic heterocycles. The molecule has 2 N–H and O–H groups in total. The molecular weight excluding hydrogens is 478 g/mol. The molecule has 0 unspecified atom stereocenters. The molecule has 0 bridgehead atoms. The van der Waals surface area contributed by atoms with Gasteiger partial charge in [0, 0.05) is 17.5 Å². The van der Waals surface area contributed by atoms with E-state index in [2.05, 4.69) is 10.6 Å². The van der Waals surface area contributed by atoms with Crippen molar-refractivity contribution >= 4 is 56.2 Å². The molecule has 0 radical (unpaired) electrons. The lowest BCUT2D eigenvalue weighted by Crippen LogP contribution is -2.15. The lowest BCUT2D eigenvalue weighted by molar-refractivity contribution is -0.115. The number of nitrogens with one attached hydrogen (secondary N) is 2. The van der Waals surface area contributed by atoms with Crippen LogP contribution in [0.5, 0.6) is 0 Å². The Bertz CT molecular complexity index is 1270. The standard InChI is InChI=1S/C22H17Cl2FN2O4S/c1-32(30,31)17-7-5-14(6-8-17)22(29)27-21-18(23)11-16(12-19(21)24)26-20(28)10-13-3-2-4-15(25)9-13/h2-9,11-12H,10H2,1H3,(H,26,28)(H,27,29). The van der Waals surface area contributed by atoms with Crippen LogP contribution in [0.25, 0.3) is 0 Å². The van der Waals surface area contributed by atoms with Crippen molar-refractivity contribution in [3.05, 3.63) is 87.7 Å². The molecule has 0 fully saturated rings. The van der Waals surface area contributed by atoms with E-state index in [9.17, 15) is 22.4 Å². The molecular formula is C22H17Cl2FN2O4S. The Morgan fingerprint density at radius 2 is 1.56 bits per heavy atom. The maximum atomic E-state index is 13.3. The first-order valence-electron chi connectivity index (χ1n) is 9.18. The highest BCUT2D eigenvalue weighted by atomic mass is 35.5. The minimum absolute atomic E-state index is 0.0467. The summed E-state index contributed by atoms with van der Waals surface area (Å²) in [5, 5.41) is 5.36. The lowest BCUT2D eigenvalue weighted by Gasteiger charge is -2.13. The first-order chi connectivity index (χ1) is 15.0. The number of sulfone groups is 1. The Balaban J connectivity index is 1.71.